The smallest absolute Gasteiger partial charge is 0.380 e. The van der Waals surface area contributed by atoms with Gasteiger partial charge >= 0.3 is 19.3 Å². The number of esters is 1. The Hall–Kier alpha value is -2.87. The van der Waals surface area contributed by atoms with E-state index in [0.717, 1.165) is 16.8 Å². The molecule has 1 saturated heterocycles. The van der Waals surface area contributed by atoms with Gasteiger partial charge in [-0.15, -0.1) is 5.92 Å². The Morgan fingerprint density at radius 1 is 1.32 bits per heavy atom. The zero-order valence-electron chi connectivity index (χ0n) is 23.1. The highest BCUT2D eigenvalue weighted by molar-refractivity contribution is 7.54. The summed E-state index contributed by atoms with van der Waals surface area (Å²) in [5, 5.41) is 11.1. The summed E-state index contributed by atoms with van der Waals surface area (Å²) in [4.78, 5) is 36.4. The summed E-state index contributed by atoms with van der Waals surface area (Å²) in [6, 6.07) is 8.79. The van der Waals surface area contributed by atoms with Gasteiger partial charge in [-0.25, -0.2) is 9.36 Å². The number of H-pyrrole nitrogens is 1. The Bertz CT molecular complexity index is 1440. The summed E-state index contributed by atoms with van der Waals surface area (Å²) < 4.78 is 54.0. The van der Waals surface area contributed by atoms with Crippen LogP contribution in [0.5, 0.6) is 5.75 Å². The molecular formula is C25H30ClN2O9P. The number of nitrogens with one attached hydrogen (secondary N) is 1. The number of ether oxygens (including phenoxy) is 2. The zero-order valence-corrected chi connectivity index (χ0v) is 22.8. The van der Waals surface area contributed by atoms with Gasteiger partial charge in [0.15, 0.2) is 11.1 Å². The highest BCUT2D eigenvalue weighted by atomic mass is 35.5. The molecule has 1 aromatic heterocycles. The Kier molecular flexibility index (Phi) is 8.67. The second kappa shape index (κ2) is 12.3. The third-order valence-corrected chi connectivity index (χ3v) is 7.69. The molecule has 2 N–H and O–H groups in total. The second-order valence-corrected chi connectivity index (χ2v) is 11.4. The van der Waals surface area contributed by atoms with E-state index in [1.165, 1.54) is 26.0 Å². The van der Waals surface area contributed by atoms with E-state index in [0.29, 0.717) is 0 Å². The van der Waals surface area contributed by atoms with Gasteiger partial charge in [0.25, 0.3) is 5.56 Å². The summed E-state index contributed by atoms with van der Waals surface area (Å²) in [6.45, 7) is 3.04. The first-order chi connectivity index (χ1) is 18.6. The quantitative estimate of drug-likeness (QED) is 0.190. The SMILES string of the molecule is [2H]C([2H])(O[P@@](=O)(C[C@@H](C)C(=O)OC(C)C)Oc1ccccc1)[C@H]1O[C@@H](n2ccc(=O)[nH]c2=O)C(Cl)(C#CC)[C@H]1O. The van der Waals surface area contributed by atoms with Crippen LogP contribution in [0, 0.1) is 17.8 Å². The van der Waals surface area contributed by atoms with Crippen LogP contribution in [0.4, 0.5) is 0 Å². The lowest BCUT2D eigenvalue weighted by Gasteiger charge is -2.26. The molecule has 13 heteroatoms. The monoisotopic (exact) mass is 570 g/mol. The van der Waals surface area contributed by atoms with Crippen molar-refractivity contribution in [2.75, 3.05) is 12.7 Å². The molecule has 0 bridgehead atoms. The number of aromatic nitrogens is 2. The number of benzene rings is 1. The van der Waals surface area contributed by atoms with Crippen LogP contribution in [-0.4, -0.2) is 56.5 Å². The van der Waals surface area contributed by atoms with Crippen molar-refractivity contribution in [1.29, 1.82) is 0 Å². The van der Waals surface area contributed by atoms with Crippen molar-refractivity contribution in [3.8, 4) is 17.6 Å². The van der Waals surface area contributed by atoms with E-state index in [-0.39, 0.29) is 5.75 Å². The molecule has 1 aliphatic heterocycles. The molecule has 6 atom stereocenters. The average Bonchev–Trinajstić information content (AvgIpc) is 3.10. The highest BCUT2D eigenvalue weighted by Gasteiger charge is 2.56. The van der Waals surface area contributed by atoms with Crippen LogP contribution in [0.25, 0.3) is 0 Å². The number of alkyl halides is 1. The van der Waals surface area contributed by atoms with Crippen molar-refractivity contribution in [2.24, 2.45) is 5.92 Å². The lowest BCUT2D eigenvalue weighted by atomic mass is 9.99. The van der Waals surface area contributed by atoms with E-state index in [9.17, 15) is 24.1 Å². The van der Waals surface area contributed by atoms with Gasteiger partial charge in [0.1, 0.15) is 18.0 Å². The van der Waals surface area contributed by atoms with E-state index in [2.05, 4.69) is 11.8 Å². The molecular weight excluding hydrogens is 539 g/mol. The zero-order chi connectivity index (χ0) is 29.9. The van der Waals surface area contributed by atoms with Gasteiger partial charge in [-0.2, -0.15) is 0 Å². The summed E-state index contributed by atoms with van der Waals surface area (Å²) in [6.07, 6.45) is -5.48. The van der Waals surface area contributed by atoms with Crippen molar-refractivity contribution in [2.45, 2.75) is 57.1 Å². The van der Waals surface area contributed by atoms with Gasteiger partial charge in [0.2, 0.25) is 0 Å². The fourth-order valence-corrected chi connectivity index (χ4v) is 5.68. The van der Waals surface area contributed by atoms with Gasteiger partial charge in [-0.05, 0) is 32.9 Å². The topological polar surface area (TPSA) is 146 Å². The number of carbonyl (C=O) groups is 1. The van der Waals surface area contributed by atoms with Crippen molar-refractivity contribution < 1.29 is 35.7 Å². The fraction of sp³-hybridized carbons (Fsp3) is 0.480. The normalized spacial score (nSPS) is 26.3. The molecule has 0 saturated carbocycles. The number of halogens is 1. The Labute approximate surface area is 227 Å². The third-order valence-electron chi connectivity index (χ3n) is 5.32. The van der Waals surface area contributed by atoms with Gasteiger partial charge in [0, 0.05) is 12.3 Å². The molecule has 11 nitrogen and oxygen atoms in total. The maximum Gasteiger partial charge on any atom is 0.380 e. The minimum Gasteiger partial charge on any atom is -0.463 e. The first-order valence-electron chi connectivity index (χ1n) is 12.6. The first-order valence-corrected chi connectivity index (χ1v) is 13.7. The molecule has 2 heterocycles. The minimum atomic E-state index is -4.52. The van der Waals surface area contributed by atoms with E-state index < -0.39 is 72.9 Å². The van der Waals surface area contributed by atoms with E-state index in [4.69, 9.17) is 32.9 Å². The van der Waals surface area contributed by atoms with E-state index in [1.807, 2.05) is 4.98 Å². The molecule has 2 aromatic rings. The van der Waals surface area contributed by atoms with Gasteiger partial charge in [0.05, 0.1) is 27.5 Å². The van der Waals surface area contributed by atoms with Crippen LogP contribution in [-0.2, 0) is 23.4 Å². The summed E-state index contributed by atoms with van der Waals surface area (Å²) in [7, 11) is -4.52. The predicted molar refractivity (Wildman–Crippen MR) is 139 cm³/mol. The number of hydrogen-bond donors (Lipinski definition) is 2. The molecule has 3 rings (SSSR count). The Balaban J connectivity index is 1.99. The maximum absolute atomic E-state index is 14.0. The first kappa shape index (κ1) is 26.7. The van der Waals surface area contributed by atoms with E-state index in [1.54, 1.807) is 32.0 Å². The number of hydrogen-bond acceptors (Lipinski definition) is 9. The molecule has 38 heavy (non-hydrogen) atoms. The van der Waals surface area contributed by atoms with Gasteiger partial charge in [-0.1, -0.05) is 42.6 Å². The fourth-order valence-electron chi connectivity index (χ4n) is 3.60. The molecule has 206 valence electrons. The van der Waals surface area contributed by atoms with Crippen molar-refractivity contribution in [3.05, 3.63) is 63.4 Å². The largest absolute Gasteiger partial charge is 0.463 e. The Morgan fingerprint density at radius 3 is 2.61 bits per heavy atom. The number of aromatic amines is 1. The molecule has 0 radical (unpaired) electrons. The van der Waals surface area contributed by atoms with Crippen molar-refractivity contribution in [3.63, 3.8) is 0 Å². The van der Waals surface area contributed by atoms with Crippen LogP contribution in [0.1, 0.15) is 36.7 Å². The number of aliphatic hydroxyl groups excluding tert-OH is 1. The molecule has 1 aromatic carbocycles. The summed E-state index contributed by atoms with van der Waals surface area (Å²) >= 11 is 6.63. The minimum absolute atomic E-state index is 0.0696. The third kappa shape index (κ3) is 6.95. The molecule has 1 unspecified atom stereocenters. The van der Waals surface area contributed by atoms with Crippen LogP contribution >= 0.6 is 19.2 Å². The van der Waals surface area contributed by atoms with Crippen LogP contribution < -0.4 is 15.8 Å². The molecule has 0 aliphatic carbocycles. The average molecular weight is 571 g/mol. The lowest BCUT2D eigenvalue weighted by molar-refractivity contribution is -0.151. The number of nitrogens with zero attached hydrogens (tertiary/aromatic N) is 1. The van der Waals surface area contributed by atoms with Crippen LogP contribution in [0.15, 0.2) is 52.2 Å². The standard InChI is InChI=1S/C25H30ClN2O9P/c1-5-12-25(26)21(30)19(36-23(25)28-13-11-20(29)27-24(28)32)14-34-38(33,37-18-9-7-6-8-10-18)15-17(4)22(31)35-16(2)3/h6-11,13,16-17,19,21,23,30H,14-15H2,1-4H3,(H,27,29,32)/t17-,19-,21+,23-,25?,38+/m1/s1/i14D2. The number of para-hydroxylation sites is 1. The number of carbonyl (C=O) groups excluding carboxylic acids is 1. The molecule has 0 spiro atoms. The van der Waals surface area contributed by atoms with E-state index >= 15 is 0 Å². The maximum atomic E-state index is 14.0. The Morgan fingerprint density at radius 2 is 2.00 bits per heavy atom. The lowest BCUT2D eigenvalue weighted by Crippen LogP contribution is -2.44. The van der Waals surface area contributed by atoms with Crippen molar-refractivity contribution in [1.82, 2.24) is 9.55 Å². The predicted octanol–water partition coefficient (Wildman–Crippen LogP) is 2.67. The highest BCUT2D eigenvalue weighted by Crippen LogP contribution is 2.51. The molecule has 0 amide bonds. The number of rotatable bonds is 10. The van der Waals surface area contributed by atoms with Crippen LogP contribution in [0.2, 0.25) is 0 Å². The van der Waals surface area contributed by atoms with Gasteiger partial charge < -0.3 is 19.1 Å². The van der Waals surface area contributed by atoms with Crippen molar-refractivity contribution >= 4 is 25.2 Å². The molecule has 1 aliphatic rings. The summed E-state index contributed by atoms with van der Waals surface area (Å²) in [5.74, 6) is 3.38. The summed E-state index contributed by atoms with van der Waals surface area (Å²) in [5.41, 5.74) is -1.66. The number of aliphatic hydroxyl groups is 1. The second-order valence-electron chi connectivity index (χ2n) is 8.81. The van der Waals surface area contributed by atoms with Crippen LogP contribution in [0.3, 0.4) is 0 Å². The molecule has 1 fully saturated rings. The van der Waals surface area contributed by atoms with Gasteiger partial charge in [-0.3, -0.25) is 23.7 Å².